The Labute approximate surface area is 174 Å². The van der Waals surface area contributed by atoms with Crippen molar-refractivity contribution in [1.29, 1.82) is 0 Å². The highest BCUT2D eigenvalue weighted by molar-refractivity contribution is 6.31. The lowest BCUT2D eigenvalue weighted by Gasteiger charge is -2.09. The molecular weight excluding hydrogens is 384 g/mol. The molecule has 0 atom stereocenters. The van der Waals surface area contributed by atoms with E-state index < -0.39 is 0 Å². The van der Waals surface area contributed by atoms with E-state index in [1.165, 1.54) is 0 Å². The van der Waals surface area contributed by atoms with Crippen LogP contribution in [0.5, 0.6) is 0 Å². The number of hydrogen-bond donors (Lipinski definition) is 1. The van der Waals surface area contributed by atoms with Crippen LogP contribution in [0.3, 0.4) is 0 Å². The molecule has 0 spiro atoms. The summed E-state index contributed by atoms with van der Waals surface area (Å²) >= 11 is 6.17. The Bertz CT molecular complexity index is 1110. The highest BCUT2D eigenvalue weighted by atomic mass is 35.5. The molecule has 0 fully saturated rings. The molecule has 3 aromatic carbocycles. The maximum atomic E-state index is 12.6. The lowest BCUT2D eigenvalue weighted by molar-refractivity contribution is -0.120. The molecule has 4 rings (SSSR count). The number of rotatable bonds is 6. The number of amides is 1. The van der Waals surface area contributed by atoms with Gasteiger partial charge in [-0.1, -0.05) is 83.5 Å². The van der Waals surface area contributed by atoms with Gasteiger partial charge in [0.15, 0.2) is 0 Å². The van der Waals surface area contributed by atoms with Crippen LogP contribution in [0, 0.1) is 0 Å². The van der Waals surface area contributed by atoms with Crippen molar-refractivity contribution in [3.05, 3.63) is 101 Å². The van der Waals surface area contributed by atoms with E-state index in [-0.39, 0.29) is 12.3 Å². The van der Waals surface area contributed by atoms with Crippen LogP contribution in [0.25, 0.3) is 16.9 Å². The number of para-hydroxylation sites is 1. The van der Waals surface area contributed by atoms with E-state index >= 15 is 0 Å². The topological polar surface area (TPSA) is 59.8 Å². The number of halogens is 1. The Hall–Kier alpha value is -3.44. The number of hydrogen-bond acceptors (Lipinski definition) is 3. The van der Waals surface area contributed by atoms with Crippen molar-refractivity contribution in [2.24, 2.45) is 0 Å². The van der Waals surface area contributed by atoms with Gasteiger partial charge in [0.2, 0.25) is 5.91 Å². The molecule has 0 radical (unpaired) electrons. The standard InChI is InChI=1S/C23H19ClN4O/c24-20-14-8-7-11-18(20)16-25-22(29)15-21-23(17-9-3-1-4-10-17)28(27-26-21)19-12-5-2-6-13-19/h1-14H,15-16H2,(H,25,29). The molecular formula is C23H19ClN4O. The number of carbonyl (C=O) groups excluding carboxylic acids is 1. The van der Waals surface area contributed by atoms with E-state index in [0.29, 0.717) is 17.3 Å². The fourth-order valence-corrected chi connectivity index (χ4v) is 3.32. The summed E-state index contributed by atoms with van der Waals surface area (Å²) in [7, 11) is 0. The van der Waals surface area contributed by atoms with E-state index in [1.54, 1.807) is 4.68 Å². The summed E-state index contributed by atoms with van der Waals surface area (Å²) in [6.45, 7) is 0.367. The minimum atomic E-state index is -0.137. The van der Waals surface area contributed by atoms with Gasteiger partial charge >= 0.3 is 0 Å². The van der Waals surface area contributed by atoms with Gasteiger partial charge in [0.1, 0.15) is 5.69 Å². The second-order valence-corrected chi connectivity index (χ2v) is 6.95. The highest BCUT2D eigenvalue weighted by Crippen LogP contribution is 2.25. The third-order valence-corrected chi connectivity index (χ3v) is 4.92. The van der Waals surface area contributed by atoms with Crippen molar-refractivity contribution < 1.29 is 4.79 Å². The molecule has 0 aliphatic rings. The first-order valence-electron chi connectivity index (χ1n) is 9.28. The summed E-state index contributed by atoms with van der Waals surface area (Å²) in [4.78, 5) is 12.6. The second-order valence-electron chi connectivity index (χ2n) is 6.54. The Kier molecular flexibility index (Phi) is 5.68. The Morgan fingerprint density at radius 3 is 2.28 bits per heavy atom. The third kappa shape index (κ3) is 4.36. The van der Waals surface area contributed by atoms with Gasteiger partial charge in [-0.05, 0) is 23.8 Å². The second kappa shape index (κ2) is 8.71. The lowest BCUT2D eigenvalue weighted by atomic mass is 10.1. The van der Waals surface area contributed by atoms with Crippen molar-refractivity contribution in [3.63, 3.8) is 0 Å². The molecule has 1 heterocycles. The maximum absolute atomic E-state index is 12.6. The van der Waals surface area contributed by atoms with Crippen molar-refractivity contribution in [3.8, 4) is 16.9 Å². The zero-order chi connectivity index (χ0) is 20.1. The largest absolute Gasteiger partial charge is 0.352 e. The van der Waals surface area contributed by atoms with E-state index in [2.05, 4.69) is 15.6 Å². The van der Waals surface area contributed by atoms with Gasteiger partial charge in [-0.3, -0.25) is 4.79 Å². The fraction of sp³-hybridized carbons (Fsp3) is 0.0870. The molecule has 29 heavy (non-hydrogen) atoms. The zero-order valence-electron chi connectivity index (χ0n) is 15.6. The average molecular weight is 403 g/mol. The van der Waals surface area contributed by atoms with E-state index in [4.69, 9.17) is 11.6 Å². The quantitative estimate of drug-likeness (QED) is 0.518. The number of carbonyl (C=O) groups is 1. The number of benzene rings is 3. The molecule has 0 aliphatic carbocycles. The van der Waals surface area contributed by atoms with Crippen LogP contribution in [0.2, 0.25) is 5.02 Å². The molecule has 1 aromatic heterocycles. The van der Waals surface area contributed by atoms with Crippen molar-refractivity contribution in [2.45, 2.75) is 13.0 Å². The fourth-order valence-electron chi connectivity index (χ4n) is 3.12. The monoisotopic (exact) mass is 402 g/mol. The number of nitrogens with one attached hydrogen (secondary N) is 1. The van der Waals surface area contributed by atoms with Crippen LogP contribution in [0.15, 0.2) is 84.9 Å². The Morgan fingerprint density at radius 2 is 1.55 bits per heavy atom. The smallest absolute Gasteiger partial charge is 0.226 e. The first kappa shape index (κ1) is 18.9. The van der Waals surface area contributed by atoms with Gasteiger partial charge in [-0.2, -0.15) is 0 Å². The van der Waals surface area contributed by atoms with E-state index in [9.17, 15) is 4.79 Å². The van der Waals surface area contributed by atoms with Gasteiger partial charge in [0, 0.05) is 17.1 Å². The van der Waals surface area contributed by atoms with Gasteiger partial charge in [0.25, 0.3) is 0 Å². The molecule has 0 saturated heterocycles. The SMILES string of the molecule is O=C(Cc1nnn(-c2ccccc2)c1-c1ccccc1)NCc1ccccc1Cl. The van der Waals surface area contributed by atoms with Crippen LogP contribution in [-0.2, 0) is 17.8 Å². The Morgan fingerprint density at radius 1 is 0.897 bits per heavy atom. The van der Waals surface area contributed by atoms with E-state index in [0.717, 1.165) is 22.5 Å². The molecule has 0 unspecified atom stereocenters. The minimum absolute atomic E-state index is 0.127. The van der Waals surface area contributed by atoms with Crippen LogP contribution in [0.1, 0.15) is 11.3 Å². The van der Waals surface area contributed by atoms with Crippen LogP contribution in [-0.4, -0.2) is 20.9 Å². The molecule has 0 aliphatic heterocycles. The summed E-state index contributed by atoms with van der Waals surface area (Å²) in [6, 6.07) is 27.1. The van der Waals surface area contributed by atoms with Crippen molar-refractivity contribution in [2.75, 3.05) is 0 Å². The first-order valence-corrected chi connectivity index (χ1v) is 9.65. The molecule has 1 N–H and O–H groups in total. The van der Waals surface area contributed by atoms with Crippen LogP contribution in [0.4, 0.5) is 0 Å². The summed E-state index contributed by atoms with van der Waals surface area (Å²) in [5.41, 5.74) is 4.15. The van der Waals surface area contributed by atoms with E-state index in [1.807, 2.05) is 84.9 Å². The van der Waals surface area contributed by atoms with Crippen molar-refractivity contribution >= 4 is 17.5 Å². The summed E-state index contributed by atoms with van der Waals surface area (Å²) in [5, 5.41) is 12.2. The van der Waals surface area contributed by atoms with Gasteiger partial charge in [0.05, 0.1) is 17.8 Å². The summed E-state index contributed by atoms with van der Waals surface area (Å²) in [6.07, 6.45) is 0.127. The molecule has 0 bridgehead atoms. The number of nitrogens with zero attached hydrogens (tertiary/aromatic N) is 3. The normalized spacial score (nSPS) is 10.7. The number of aromatic nitrogens is 3. The van der Waals surface area contributed by atoms with Gasteiger partial charge < -0.3 is 5.32 Å². The molecule has 0 saturated carbocycles. The highest BCUT2D eigenvalue weighted by Gasteiger charge is 2.18. The first-order chi connectivity index (χ1) is 14.2. The van der Waals surface area contributed by atoms with Gasteiger partial charge in [-0.15, -0.1) is 5.10 Å². The molecule has 6 heteroatoms. The summed E-state index contributed by atoms with van der Waals surface area (Å²) < 4.78 is 1.77. The van der Waals surface area contributed by atoms with Crippen molar-refractivity contribution in [1.82, 2.24) is 20.3 Å². The molecule has 4 aromatic rings. The molecule has 144 valence electrons. The zero-order valence-corrected chi connectivity index (χ0v) is 16.4. The Balaban J connectivity index is 1.60. The molecule has 5 nitrogen and oxygen atoms in total. The lowest BCUT2D eigenvalue weighted by Crippen LogP contribution is -2.25. The molecule has 1 amide bonds. The average Bonchev–Trinajstić information content (AvgIpc) is 3.18. The third-order valence-electron chi connectivity index (χ3n) is 4.55. The van der Waals surface area contributed by atoms with Crippen LogP contribution < -0.4 is 5.32 Å². The maximum Gasteiger partial charge on any atom is 0.226 e. The predicted octanol–water partition coefficient (Wildman–Crippen LogP) is 4.45. The summed E-state index contributed by atoms with van der Waals surface area (Å²) in [5.74, 6) is -0.137. The predicted molar refractivity (Wildman–Crippen MR) is 114 cm³/mol. The minimum Gasteiger partial charge on any atom is -0.352 e. The van der Waals surface area contributed by atoms with Gasteiger partial charge in [-0.25, -0.2) is 4.68 Å². The van der Waals surface area contributed by atoms with Crippen LogP contribution >= 0.6 is 11.6 Å².